The van der Waals surface area contributed by atoms with E-state index < -0.39 is 23.4 Å². The lowest BCUT2D eigenvalue weighted by molar-refractivity contribution is -0.380. The van der Waals surface area contributed by atoms with Gasteiger partial charge in [-0.15, -0.1) is 0 Å². The minimum Gasteiger partial charge on any atom is -0.452 e. The van der Waals surface area contributed by atoms with Crippen LogP contribution in [0.25, 0.3) is 0 Å². The Morgan fingerprint density at radius 2 is 2.05 bits per heavy atom. The monoisotopic (exact) mass is 322 g/mol. The summed E-state index contributed by atoms with van der Waals surface area (Å²) in [4.78, 5) is 36.8. The van der Waals surface area contributed by atoms with Crippen LogP contribution in [0.4, 0.5) is 15.8 Å². The maximum Gasteiger partial charge on any atom is 0.345 e. The number of ether oxygens (including phenoxy) is 1. The van der Waals surface area contributed by atoms with Crippen LogP contribution in [0.3, 0.4) is 0 Å². The van der Waals surface area contributed by atoms with Gasteiger partial charge in [0.2, 0.25) is 0 Å². The molecule has 0 aliphatic rings. The van der Waals surface area contributed by atoms with Gasteiger partial charge in [-0.05, 0) is 35.6 Å². The van der Waals surface area contributed by atoms with Crippen molar-refractivity contribution in [3.63, 3.8) is 0 Å². The molecule has 0 spiro atoms. The van der Waals surface area contributed by atoms with Crippen LogP contribution in [0.1, 0.15) is 10.4 Å². The number of carbonyl (C=O) groups excluding carboxylic acids is 2. The van der Waals surface area contributed by atoms with Gasteiger partial charge < -0.3 is 10.5 Å². The summed E-state index contributed by atoms with van der Waals surface area (Å²) in [6.07, 6.45) is 1.03. The van der Waals surface area contributed by atoms with Crippen molar-refractivity contribution >= 4 is 39.0 Å². The molecule has 0 atom stereocenters. The minimum absolute atomic E-state index is 0.0558. The van der Waals surface area contributed by atoms with Gasteiger partial charge in [0.1, 0.15) is 6.20 Å². The maximum atomic E-state index is 11.7. The molecule has 0 fully saturated rings. The predicted molar refractivity (Wildman–Crippen MR) is 78.5 cm³/mol. The molecule has 0 unspecified atom stereocenters. The van der Waals surface area contributed by atoms with Crippen LogP contribution in [0.15, 0.2) is 30.5 Å². The van der Waals surface area contributed by atoms with Crippen LogP contribution < -0.4 is 11.1 Å². The summed E-state index contributed by atoms with van der Waals surface area (Å²) in [5.41, 5.74) is 6.24. The Labute approximate surface area is 127 Å². The quantitative estimate of drug-likeness (QED) is 0.367. The number of aromatic nitrogens is 1. The molecule has 2 rings (SSSR count). The number of amides is 1. The van der Waals surface area contributed by atoms with Gasteiger partial charge in [0.15, 0.2) is 11.7 Å². The highest BCUT2D eigenvalue weighted by Gasteiger charge is 2.15. The Kier molecular flexibility index (Phi) is 4.63. The van der Waals surface area contributed by atoms with Gasteiger partial charge in [-0.2, -0.15) is 0 Å². The Morgan fingerprint density at radius 3 is 2.64 bits per heavy atom. The molecule has 2 aromatic rings. The maximum absolute atomic E-state index is 11.7. The van der Waals surface area contributed by atoms with E-state index in [9.17, 15) is 19.7 Å². The fourth-order valence-electron chi connectivity index (χ4n) is 1.40. The van der Waals surface area contributed by atoms with E-state index in [1.807, 2.05) is 0 Å². The number of thiazole rings is 1. The zero-order valence-electron chi connectivity index (χ0n) is 11.0. The zero-order chi connectivity index (χ0) is 16.1. The first-order valence-corrected chi connectivity index (χ1v) is 6.70. The number of rotatable bonds is 5. The van der Waals surface area contributed by atoms with E-state index in [1.165, 1.54) is 24.3 Å². The molecule has 1 aromatic heterocycles. The fourth-order valence-corrected chi connectivity index (χ4v) is 2.05. The van der Waals surface area contributed by atoms with E-state index in [-0.39, 0.29) is 15.7 Å². The molecule has 9 nitrogen and oxygen atoms in total. The van der Waals surface area contributed by atoms with Crippen molar-refractivity contribution in [1.82, 2.24) is 4.98 Å². The molecular weight excluding hydrogens is 312 g/mol. The lowest BCUT2D eigenvalue weighted by Crippen LogP contribution is -2.20. The third-order valence-corrected chi connectivity index (χ3v) is 3.26. The normalized spacial score (nSPS) is 10.0. The standard InChI is InChI=1S/C12H10N4O5S/c13-8-3-1-7(2-4-8)11(18)21-6-9(17)15-12-14-5-10(22-12)16(19)20/h1-5H,6,13H2,(H,14,15,17). The first-order chi connectivity index (χ1) is 10.5. The highest BCUT2D eigenvalue weighted by atomic mass is 32.1. The molecule has 3 N–H and O–H groups in total. The highest BCUT2D eigenvalue weighted by Crippen LogP contribution is 2.24. The van der Waals surface area contributed by atoms with Crippen LogP contribution in [0.5, 0.6) is 0 Å². The summed E-state index contributed by atoms with van der Waals surface area (Å²) < 4.78 is 4.81. The van der Waals surface area contributed by atoms with Crippen molar-refractivity contribution in [3.8, 4) is 0 Å². The second-order valence-corrected chi connectivity index (χ2v) is 5.02. The van der Waals surface area contributed by atoms with E-state index in [2.05, 4.69) is 10.3 Å². The van der Waals surface area contributed by atoms with E-state index >= 15 is 0 Å². The molecule has 22 heavy (non-hydrogen) atoms. The molecule has 0 saturated carbocycles. The van der Waals surface area contributed by atoms with Crippen molar-refractivity contribution in [3.05, 3.63) is 46.1 Å². The van der Waals surface area contributed by atoms with E-state index in [0.29, 0.717) is 17.0 Å². The van der Waals surface area contributed by atoms with Crippen molar-refractivity contribution in [2.24, 2.45) is 0 Å². The van der Waals surface area contributed by atoms with Gasteiger partial charge in [-0.1, -0.05) is 0 Å². The summed E-state index contributed by atoms with van der Waals surface area (Å²) in [6.45, 7) is -0.531. The number of anilines is 2. The smallest absolute Gasteiger partial charge is 0.345 e. The average Bonchev–Trinajstić information content (AvgIpc) is 2.94. The summed E-state index contributed by atoms with van der Waals surface area (Å²) in [5.74, 6) is -1.33. The van der Waals surface area contributed by atoms with Crippen LogP contribution in [-0.4, -0.2) is 28.4 Å². The number of hydrogen-bond acceptors (Lipinski definition) is 8. The number of esters is 1. The third kappa shape index (κ3) is 3.99. The van der Waals surface area contributed by atoms with Gasteiger partial charge in [0, 0.05) is 5.69 Å². The Balaban J connectivity index is 1.85. The van der Waals surface area contributed by atoms with Gasteiger partial charge >= 0.3 is 11.0 Å². The molecular formula is C12H10N4O5S. The van der Waals surface area contributed by atoms with Crippen LogP contribution in [0, 0.1) is 10.1 Å². The van der Waals surface area contributed by atoms with Crippen LogP contribution >= 0.6 is 11.3 Å². The number of benzene rings is 1. The number of hydrogen-bond donors (Lipinski definition) is 2. The number of nitrogens with two attached hydrogens (primary N) is 1. The second kappa shape index (κ2) is 6.63. The Hall–Kier alpha value is -3.01. The van der Waals surface area contributed by atoms with E-state index in [0.717, 1.165) is 6.20 Å². The summed E-state index contributed by atoms with van der Waals surface area (Å²) in [6, 6.07) is 6.01. The van der Waals surface area contributed by atoms with Gasteiger partial charge in [-0.3, -0.25) is 20.2 Å². The summed E-state index contributed by atoms with van der Waals surface area (Å²) >= 11 is 0.705. The zero-order valence-corrected chi connectivity index (χ0v) is 11.8. The van der Waals surface area contributed by atoms with Crippen molar-refractivity contribution in [1.29, 1.82) is 0 Å². The van der Waals surface area contributed by atoms with Crippen LogP contribution in [-0.2, 0) is 9.53 Å². The Bertz CT molecular complexity index is 713. The first-order valence-electron chi connectivity index (χ1n) is 5.88. The summed E-state index contributed by atoms with van der Waals surface area (Å²) in [7, 11) is 0. The number of carbonyl (C=O) groups is 2. The molecule has 10 heteroatoms. The second-order valence-electron chi connectivity index (χ2n) is 4.01. The lowest BCUT2D eigenvalue weighted by atomic mass is 10.2. The number of nitro groups is 1. The fraction of sp³-hybridized carbons (Fsp3) is 0.0833. The van der Waals surface area contributed by atoms with E-state index in [1.54, 1.807) is 0 Å². The SMILES string of the molecule is Nc1ccc(C(=O)OCC(=O)Nc2ncc([N+](=O)[O-])s2)cc1. The average molecular weight is 322 g/mol. The van der Waals surface area contributed by atoms with Gasteiger partial charge in [-0.25, -0.2) is 9.78 Å². The number of nitrogen functional groups attached to an aromatic ring is 1. The molecule has 0 aliphatic heterocycles. The number of nitrogens with zero attached hydrogens (tertiary/aromatic N) is 2. The van der Waals surface area contributed by atoms with Crippen LogP contribution in [0.2, 0.25) is 0 Å². The molecule has 1 aromatic carbocycles. The topological polar surface area (TPSA) is 137 Å². The molecule has 114 valence electrons. The summed E-state index contributed by atoms with van der Waals surface area (Å²) in [5, 5.41) is 12.6. The molecule has 1 amide bonds. The largest absolute Gasteiger partial charge is 0.452 e. The Morgan fingerprint density at radius 1 is 1.36 bits per heavy atom. The lowest BCUT2D eigenvalue weighted by Gasteiger charge is -2.04. The molecule has 1 heterocycles. The minimum atomic E-state index is -0.680. The third-order valence-electron chi connectivity index (χ3n) is 2.40. The van der Waals surface area contributed by atoms with Crippen molar-refractivity contribution in [2.75, 3.05) is 17.7 Å². The van der Waals surface area contributed by atoms with E-state index in [4.69, 9.17) is 10.5 Å². The molecule has 0 radical (unpaired) electrons. The van der Waals surface area contributed by atoms with Crippen molar-refractivity contribution < 1.29 is 19.2 Å². The first kappa shape index (κ1) is 15.4. The van der Waals surface area contributed by atoms with Gasteiger partial charge in [0.25, 0.3) is 5.91 Å². The van der Waals surface area contributed by atoms with Crippen molar-refractivity contribution in [2.45, 2.75) is 0 Å². The molecule has 0 saturated heterocycles. The predicted octanol–water partition coefficient (Wildman–Crippen LogP) is 1.43. The van der Waals surface area contributed by atoms with Gasteiger partial charge in [0.05, 0.1) is 10.5 Å². The number of nitrogens with one attached hydrogen (secondary N) is 1. The molecule has 0 aliphatic carbocycles. The molecule has 0 bridgehead atoms. The highest BCUT2D eigenvalue weighted by molar-refractivity contribution is 7.18.